The Labute approximate surface area is 84.9 Å². The number of hydrogen-bond donors (Lipinski definition) is 1. The lowest BCUT2D eigenvalue weighted by Gasteiger charge is -2.10. The summed E-state index contributed by atoms with van der Waals surface area (Å²) in [6, 6.07) is 5.34. The highest BCUT2D eigenvalue weighted by atomic mass is 19.1. The predicted octanol–water partition coefficient (Wildman–Crippen LogP) is 2.46. The maximum atomic E-state index is 13.2. The maximum absolute atomic E-state index is 13.2. The summed E-state index contributed by atoms with van der Waals surface area (Å²) in [5, 5.41) is 5.50. The molecule has 0 atom stereocenters. The zero-order valence-electron chi connectivity index (χ0n) is 8.97. The Balaban J connectivity index is 0.000000791. The summed E-state index contributed by atoms with van der Waals surface area (Å²) in [7, 11) is 3.86. The molecule has 0 aliphatic carbocycles. The van der Waals surface area contributed by atoms with Gasteiger partial charge in [0.1, 0.15) is 5.82 Å². The van der Waals surface area contributed by atoms with Crippen molar-refractivity contribution in [2.24, 2.45) is 0 Å². The summed E-state index contributed by atoms with van der Waals surface area (Å²) in [5.41, 5.74) is 1.72. The molecule has 0 spiro atoms. The second-order valence-electron chi connectivity index (χ2n) is 3.33. The second kappa shape index (κ2) is 6.27. The quantitative estimate of drug-likeness (QED) is 0.723. The monoisotopic (exact) mass is 196 g/mol. The molecular formula is C11H17FN2. The number of aryl methyl sites for hydroxylation is 1. The first-order valence-corrected chi connectivity index (χ1v) is 4.34. The van der Waals surface area contributed by atoms with Gasteiger partial charge in [-0.05, 0) is 39.4 Å². The molecule has 0 unspecified atom stereocenters. The van der Waals surface area contributed by atoms with Gasteiger partial charge in [-0.25, -0.2) is 4.39 Å². The average Bonchev–Trinajstić information content (AvgIpc) is 2.13. The van der Waals surface area contributed by atoms with Gasteiger partial charge in [0.05, 0.1) is 0 Å². The van der Waals surface area contributed by atoms with Crippen LogP contribution in [0.1, 0.15) is 11.1 Å². The van der Waals surface area contributed by atoms with Crippen molar-refractivity contribution in [3.8, 4) is 0 Å². The molecule has 0 bridgehead atoms. The van der Waals surface area contributed by atoms with Gasteiger partial charge in [0.25, 0.3) is 0 Å². The Morgan fingerprint density at radius 3 is 2.36 bits per heavy atom. The van der Waals surface area contributed by atoms with Crippen molar-refractivity contribution in [3.63, 3.8) is 0 Å². The summed E-state index contributed by atoms with van der Waals surface area (Å²) in [5.74, 6) is -0.108. The summed E-state index contributed by atoms with van der Waals surface area (Å²) < 4.78 is 13.2. The molecule has 1 aromatic rings. The largest absolute Gasteiger partial charge is 0.317 e. The van der Waals surface area contributed by atoms with E-state index in [-0.39, 0.29) is 5.82 Å². The molecule has 2 nitrogen and oxygen atoms in total. The van der Waals surface area contributed by atoms with Crippen LogP contribution in [-0.4, -0.2) is 25.7 Å². The molecule has 1 N–H and O–H groups in total. The first-order valence-electron chi connectivity index (χ1n) is 4.34. The third-order valence-electron chi connectivity index (χ3n) is 1.70. The minimum Gasteiger partial charge on any atom is -0.317 e. The number of halogens is 1. The summed E-state index contributed by atoms with van der Waals surface area (Å²) >= 11 is 0. The average molecular weight is 196 g/mol. The van der Waals surface area contributed by atoms with Crippen LogP contribution in [0.2, 0.25) is 0 Å². The van der Waals surface area contributed by atoms with Crippen LogP contribution in [0.5, 0.6) is 0 Å². The van der Waals surface area contributed by atoms with E-state index >= 15 is 0 Å². The minimum atomic E-state index is -0.108. The molecule has 0 saturated carbocycles. The van der Waals surface area contributed by atoms with E-state index in [4.69, 9.17) is 5.41 Å². The molecule has 0 aliphatic rings. The normalized spacial score (nSPS) is 9.50. The number of nitrogens with one attached hydrogen (secondary N) is 1. The molecule has 0 aliphatic heterocycles. The fourth-order valence-electron chi connectivity index (χ4n) is 1.12. The first-order chi connectivity index (χ1) is 6.59. The Hall–Kier alpha value is -1.22. The third-order valence-corrected chi connectivity index (χ3v) is 1.70. The highest BCUT2D eigenvalue weighted by Gasteiger charge is 2.02. The molecule has 0 fully saturated rings. The van der Waals surface area contributed by atoms with Gasteiger partial charge in [-0.3, -0.25) is 0 Å². The minimum absolute atomic E-state index is 0.108. The summed E-state index contributed by atoms with van der Waals surface area (Å²) in [6.07, 6.45) is 0. The standard InChI is InChI=1S/C10H14FN.CH3N/c1-8-4-5-9(7-12(2)3)10(11)6-8;1-2/h4-6H,7H2,1-3H3;2H,1H2. The lowest BCUT2D eigenvalue weighted by Crippen LogP contribution is -2.11. The van der Waals surface area contributed by atoms with Crippen molar-refractivity contribution in [3.05, 3.63) is 35.1 Å². The van der Waals surface area contributed by atoms with E-state index in [9.17, 15) is 4.39 Å². The second-order valence-corrected chi connectivity index (χ2v) is 3.33. The van der Waals surface area contributed by atoms with Crippen molar-refractivity contribution in [1.29, 1.82) is 5.41 Å². The van der Waals surface area contributed by atoms with E-state index in [0.717, 1.165) is 11.1 Å². The molecule has 0 heterocycles. The van der Waals surface area contributed by atoms with Crippen LogP contribution >= 0.6 is 0 Å². The zero-order valence-corrected chi connectivity index (χ0v) is 8.97. The number of nitrogens with zero attached hydrogens (tertiary/aromatic N) is 1. The molecule has 1 rings (SSSR count). The smallest absolute Gasteiger partial charge is 0.127 e. The van der Waals surface area contributed by atoms with E-state index in [0.29, 0.717) is 6.54 Å². The van der Waals surface area contributed by atoms with E-state index in [1.165, 1.54) is 0 Å². The number of hydrogen-bond acceptors (Lipinski definition) is 2. The van der Waals surface area contributed by atoms with Crippen molar-refractivity contribution in [2.45, 2.75) is 13.5 Å². The van der Waals surface area contributed by atoms with E-state index in [2.05, 4.69) is 6.72 Å². The zero-order chi connectivity index (χ0) is 11.1. The number of rotatable bonds is 2. The van der Waals surface area contributed by atoms with Gasteiger partial charge >= 0.3 is 0 Å². The highest BCUT2D eigenvalue weighted by Crippen LogP contribution is 2.10. The molecule has 14 heavy (non-hydrogen) atoms. The maximum Gasteiger partial charge on any atom is 0.127 e. The Morgan fingerprint density at radius 2 is 1.93 bits per heavy atom. The predicted molar refractivity (Wildman–Crippen MR) is 58.4 cm³/mol. The molecule has 0 amide bonds. The van der Waals surface area contributed by atoms with E-state index in [1.807, 2.05) is 38.1 Å². The van der Waals surface area contributed by atoms with Gasteiger partial charge in [-0.1, -0.05) is 12.1 Å². The Bertz CT molecular complexity index is 285. The van der Waals surface area contributed by atoms with Crippen LogP contribution in [0, 0.1) is 18.2 Å². The van der Waals surface area contributed by atoms with Crippen molar-refractivity contribution in [1.82, 2.24) is 4.90 Å². The van der Waals surface area contributed by atoms with Gasteiger partial charge in [-0.15, -0.1) is 0 Å². The van der Waals surface area contributed by atoms with Crippen LogP contribution in [0.15, 0.2) is 18.2 Å². The molecule has 3 heteroatoms. The molecule has 0 saturated heterocycles. The topological polar surface area (TPSA) is 27.1 Å². The van der Waals surface area contributed by atoms with E-state index < -0.39 is 0 Å². The van der Waals surface area contributed by atoms with Gasteiger partial charge in [0.15, 0.2) is 0 Å². The molecule has 78 valence electrons. The molecular weight excluding hydrogens is 179 g/mol. The third kappa shape index (κ3) is 4.14. The first kappa shape index (κ1) is 12.8. The van der Waals surface area contributed by atoms with Crippen LogP contribution in [0.25, 0.3) is 0 Å². The van der Waals surface area contributed by atoms with Crippen molar-refractivity contribution in [2.75, 3.05) is 14.1 Å². The lowest BCUT2D eigenvalue weighted by molar-refractivity contribution is 0.392. The van der Waals surface area contributed by atoms with Crippen molar-refractivity contribution >= 4 is 6.72 Å². The molecule has 0 aromatic heterocycles. The summed E-state index contributed by atoms with van der Waals surface area (Å²) in [6.45, 7) is 5.05. The highest BCUT2D eigenvalue weighted by molar-refractivity contribution is 5.23. The fourth-order valence-corrected chi connectivity index (χ4v) is 1.12. The van der Waals surface area contributed by atoms with Crippen molar-refractivity contribution < 1.29 is 4.39 Å². The summed E-state index contributed by atoms with van der Waals surface area (Å²) in [4.78, 5) is 1.95. The van der Waals surface area contributed by atoms with Gasteiger partial charge in [0, 0.05) is 12.1 Å². The van der Waals surface area contributed by atoms with Crippen LogP contribution in [0.3, 0.4) is 0 Å². The fraction of sp³-hybridized carbons (Fsp3) is 0.364. The lowest BCUT2D eigenvalue weighted by atomic mass is 10.1. The Morgan fingerprint density at radius 1 is 1.36 bits per heavy atom. The Kier molecular flexibility index (Phi) is 5.72. The molecule has 1 aromatic carbocycles. The SMILES string of the molecule is C=N.Cc1ccc(CN(C)C)c(F)c1. The number of benzene rings is 1. The van der Waals surface area contributed by atoms with Crippen LogP contribution < -0.4 is 0 Å². The van der Waals surface area contributed by atoms with Gasteiger partial charge < -0.3 is 10.3 Å². The molecule has 0 radical (unpaired) electrons. The van der Waals surface area contributed by atoms with E-state index in [1.54, 1.807) is 6.07 Å². The van der Waals surface area contributed by atoms with Crippen LogP contribution in [0.4, 0.5) is 4.39 Å². The van der Waals surface area contributed by atoms with Gasteiger partial charge in [0.2, 0.25) is 0 Å². The van der Waals surface area contributed by atoms with Gasteiger partial charge in [-0.2, -0.15) is 0 Å². The van der Waals surface area contributed by atoms with Crippen LogP contribution in [-0.2, 0) is 6.54 Å².